The summed E-state index contributed by atoms with van der Waals surface area (Å²) in [5, 5.41) is 2.54. The monoisotopic (exact) mass is 149 g/mol. The molecular weight excluding hydrogens is 142 g/mol. The van der Waals surface area contributed by atoms with Gasteiger partial charge in [0.25, 0.3) is 0 Å². The van der Waals surface area contributed by atoms with Crippen molar-refractivity contribution in [2.75, 3.05) is 6.54 Å². The largest absolute Gasteiger partial charge is 0.316 e. The molecule has 2 rings (SSSR count). The maximum Gasteiger partial charge on any atom is 0.236 e. The minimum absolute atomic E-state index is 0.0110. The third-order valence-electron chi connectivity index (χ3n) is 1.73. The van der Waals surface area contributed by atoms with E-state index in [1.807, 2.05) is 0 Å². The van der Waals surface area contributed by atoms with Crippen molar-refractivity contribution >= 4 is 18.5 Å². The van der Waals surface area contributed by atoms with E-state index in [9.17, 15) is 4.79 Å². The Bertz CT molecular complexity index is 277. The Kier molecular flexibility index (Phi) is 1.31. The lowest BCUT2D eigenvalue weighted by Crippen LogP contribution is -2.36. The average molecular weight is 149 g/mol. The van der Waals surface area contributed by atoms with Crippen molar-refractivity contribution < 1.29 is 4.79 Å². The zero-order chi connectivity index (χ0) is 7.68. The molecule has 0 fully saturated rings. The zero-order valence-corrected chi connectivity index (χ0v) is 5.82. The molecule has 2 heterocycles. The number of nitrogens with zero attached hydrogens (tertiary/aromatic N) is 2. The van der Waals surface area contributed by atoms with Gasteiger partial charge in [-0.2, -0.15) is 0 Å². The molecule has 2 aliphatic rings. The highest BCUT2D eigenvalue weighted by Crippen LogP contribution is 2.17. The van der Waals surface area contributed by atoms with Crippen molar-refractivity contribution in [1.82, 2.24) is 5.32 Å². The van der Waals surface area contributed by atoms with Crippen LogP contribution in [-0.4, -0.2) is 25.0 Å². The van der Waals surface area contributed by atoms with Crippen molar-refractivity contribution in [1.29, 1.82) is 0 Å². The highest BCUT2D eigenvalue weighted by atomic mass is 16.2. The Morgan fingerprint density at radius 3 is 3.36 bits per heavy atom. The molecule has 0 bridgehead atoms. The lowest BCUT2D eigenvalue weighted by Gasteiger charge is -2.19. The Hall–Kier alpha value is -1.45. The van der Waals surface area contributed by atoms with Gasteiger partial charge in [-0.1, -0.05) is 0 Å². The van der Waals surface area contributed by atoms with Crippen LogP contribution < -0.4 is 5.32 Å². The van der Waals surface area contributed by atoms with Gasteiger partial charge in [0.2, 0.25) is 5.91 Å². The molecule has 1 N–H and O–H groups in total. The van der Waals surface area contributed by atoms with Crippen LogP contribution in [0.25, 0.3) is 0 Å². The number of carbonyl (C=O) groups excluding carboxylic acids is 1. The SMILES string of the molecule is O=C1NC=NC2=CC=NCC12. The summed E-state index contributed by atoms with van der Waals surface area (Å²) in [6.45, 7) is 0.523. The number of allylic oxidation sites excluding steroid dienone is 1. The van der Waals surface area contributed by atoms with Crippen LogP contribution in [0.5, 0.6) is 0 Å². The first-order chi connectivity index (χ1) is 5.38. The molecule has 0 saturated carbocycles. The second-order valence-electron chi connectivity index (χ2n) is 2.43. The highest BCUT2D eigenvalue weighted by molar-refractivity contribution is 5.95. The maximum atomic E-state index is 11.1. The number of hydrogen-bond donors (Lipinski definition) is 1. The number of dihydropyridines is 1. The van der Waals surface area contributed by atoms with Gasteiger partial charge >= 0.3 is 0 Å². The molecule has 2 aliphatic heterocycles. The Morgan fingerprint density at radius 2 is 2.55 bits per heavy atom. The van der Waals surface area contributed by atoms with Crippen LogP contribution in [0, 0.1) is 5.92 Å². The Labute approximate surface area is 63.7 Å². The number of aliphatic imine (C=N–C) groups is 2. The Morgan fingerprint density at radius 1 is 1.64 bits per heavy atom. The van der Waals surface area contributed by atoms with Crippen LogP contribution >= 0.6 is 0 Å². The molecule has 1 atom stereocenters. The molecule has 0 aromatic heterocycles. The summed E-state index contributed by atoms with van der Waals surface area (Å²) < 4.78 is 0. The molecule has 0 aromatic carbocycles. The van der Waals surface area contributed by atoms with Crippen molar-refractivity contribution in [2.45, 2.75) is 0 Å². The first-order valence-electron chi connectivity index (χ1n) is 3.41. The minimum Gasteiger partial charge on any atom is -0.316 e. The number of hydrogen-bond acceptors (Lipinski definition) is 3. The van der Waals surface area contributed by atoms with E-state index < -0.39 is 0 Å². The third-order valence-corrected chi connectivity index (χ3v) is 1.73. The molecule has 0 saturated heterocycles. The van der Waals surface area contributed by atoms with Crippen molar-refractivity contribution in [2.24, 2.45) is 15.9 Å². The van der Waals surface area contributed by atoms with Gasteiger partial charge in [-0.3, -0.25) is 9.79 Å². The van der Waals surface area contributed by atoms with Crippen molar-refractivity contribution in [3.63, 3.8) is 0 Å². The molecule has 4 heteroatoms. The fourth-order valence-electron chi connectivity index (χ4n) is 1.13. The summed E-state index contributed by atoms with van der Waals surface area (Å²) in [7, 11) is 0. The van der Waals surface area contributed by atoms with Crippen LogP contribution in [-0.2, 0) is 4.79 Å². The van der Waals surface area contributed by atoms with E-state index in [1.165, 1.54) is 6.34 Å². The van der Waals surface area contributed by atoms with E-state index in [2.05, 4.69) is 15.3 Å². The first-order valence-corrected chi connectivity index (χ1v) is 3.41. The van der Waals surface area contributed by atoms with E-state index in [0.717, 1.165) is 5.70 Å². The molecule has 0 radical (unpaired) electrons. The summed E-state index contributed by atoms with van der Waals surface area (Å²) >= 11 is 0. The first kappa shape index (κ1) is 6.27. The number of carbonyl (C=O) groups is 1. The van der Waals surface area contributed by atoms with Crippen LogP contribution in [0.15, 0.2) is 21.8 Å². The lowest BCUT2D eigenvalue weighted by molar-refractivity contribution is -0.122. The normalized spacial score (nSPS) is 27.5. The predicted octanol–water partition coefficient (Wildman–Crippen LogP) is -0.271. The van der Waals surface area contributed by atoms with E-state index >= 15 is 0 Å². The fourth-order valence-corrected chi connectivity index (χ4v) is 1.13. The van der Waals surface area contributed by atoms with Crippen LogP contribution in [0.3, 0.4) is 0 Å². The average Bonchev–Trinajstić information content (AvgIpc) is 2.06. The fraction of sp³-hybridized carbons (Fsp3) is 0.286. The molecule has 0 aliphatic carbocycles. The van der Waals surface area contributed by atoms with Gasteiger partial charge in [0.1, 0.15) is 5.92 Å². The summed E-state index contributed by atoms with van der Waals surface area (Å²) in [6.07, 6.45) is 4.87. The molecule has 1 amide bonds. The second-order valence-corrected chi connectivity index (χ2v) is 2.43. The van der Waals surface area contributed by atoms with Crippen molar-refractivity contribution in [3.8, 4) is 0 Å². The van der Waals surface area contributed by atoms with Crippen molar-refractivity contribution in [3.05, 3.63) is 11.8 Å². The zero-order valence-electron chi connectivity index (χ0n) is 5.82. The molecule has 11 heavy (non-hydrogen) atoms. The number of fused-ring (bicyclic) bond motifs is 1. The lowest BCUT2D eigenvalue weighted by atomic mass is 10.0. The summed E-state index contributed by atoms with van der Waals surface area (Å²) in [5.41, 5.74) is 0.809. The van der Waals surface area contributed by atoms with Gasteiger partial charge < -0.3 is 5.32 Å². The Balaban J connectivity index is 2.36. The quantitative estimate of drug-likeness (QED) is 0.506. The molecule has 0 spiro atoms. The topological polar surface area (TPSA) is 53.8 Å². The van der Waals surface area contributed by atoms with Gasteiger partial charge in [-0.05, 0) is 6.08 Å². The van der Waals surface area contributed by atoms with Crippen LogP contribution in [0.4, 0.5) is 0 Å². The van der Waals surface area contributed by atoms with Gasteiger partial charge in [-0.15, -0.1) is 0 Å². The molecule has 1 unspecified atom stereocenters. The van der Waals surface area contributed by atoms with E-state index in [0.29, 0.717) is 6.54 Å². The van der Waals surface area contributed by atoms with E-state index in [1.54, 1.807) is 12.3 Å². The standard InChI is InChI=1S/C7H7N3O/c11-7-5-3-8-2-1-6(5)9-4-10-7/h1-2,4-5H,3H2,(H,9,10,11). The second kappa shape index (κ2) is 2.30. The molecule has 56 valence electrons. The van der Waals surface area contributed by atoms with Gasteiger partial charge in [0.15, 0.2) is 0 Å². The van der Waals surface area contributed by atoms with Gasteiger partial charge in [0.05, 0.1) is 18.6 Å². The molecular formula is C7H7N3O. The van der Waals surface area contributed by atoms with Gasteiger partial charge in [-0.25, -0.2) is 4.99 Å². The number of nitrogens with one attached hydrogen (secondary N) is 1. The van der Waals surface area contributed by atoms with Crippen LogP contribution in [0.1, 0.15) is 0 Å². The van der Waals surface area contributed by atoms with E-state index in [-0.39, 0.29) is 11.8 Å². The van der Waals surface area contributed by atoms with E-state index in [4.69, 9.17) is 0 Å². The maximum absolute atomic E-state index is 11.1. The summed E-state index contributed by atoms with van der Waals surface area (Å²) in [4.78, 5) is 19.1. The smallest absolute Gasteiger partial charge is 0.236 e. The highest BCUT2D eigenvalue weighted by Gasteiger charge is 2.25. The number of amides is 1. The minimum atomic E-state index is -0.162. The molecule has 0 aromatic rings. The third kappa shape index (κ3) is 0.960. The van der Waals surface area contributed by atoms with Crippen LogP contribution in [0.2, 0.25) is 0 Å². The number of rotatable bonds is 0. The predicted molar refractivity (Wildman–Crippen MR) is 41.6 cm³/mol. The molecule has 4 nitrogen and oxygen atoms in total. The van der Waals surface area contributed by atoms with Gasteiger partial charge in [0, 0.05) is 6.21 Å². The summed E-state index contributed by atoms with van der Waals surface area (Å²) in [6, 6.07) is 0. The summed E-state index contributed by atoms with van der Waals surface area (Å²) in [5.74, 6) is -0.173.